The smallest absolute Gasteiger partial charge is 0.280 e. The van der Waals surface area contributed by atoms with Crippen LogP contribution < -0.4 is 5.56 Å². The van der Waals surface area contributed by atoms with Crippen molar-refractivity contribution in [2.45, 2.75) is 6.92 Å². The highest BCUT2D eigenvalue weighted by Crippen LogP contribution is 2.23. The minimum Gasteiger partial charge on any atom is -0.293 e. The van der Waals surface area contributed by atoms with Crippen LogP contribution in [0.15, 0.2) is 90.1 Å². The molecule has 0 aliphatic heterocycles. The van der Waals surface area contributed by atoms with E-state index < -0.39 is 0 Å². The summed E-state index contributed by atoms with van der Waals surface area (Å²) in [6, 6.07) is 20.7. The number of nitrogens with zero attached hydrogens (tertiary/aromatic N) is 5. The van der Waals surface area contributed by atoms with E-state index in [0.29, 0.717) is 17.1 Å². The first-order valence-corrected chi connectivity index (χ1v) is 10.0. The monoisotopic (exact) mass is 418 g/mol. The number of aromatic nitrogens is 5. The summed E-state index contributed by atoms with van der Waals surface area (Å²) in [4.78, 5) is 20.9. The lowest BCUT2D eigenvalue weighted by Gasteiger charge is -2.04. The van der Waals surface area contributed by atoms with Crippen LogP contribution in [0.1, 0.15) is 5.69 Å². The molecule has 0 radical (unpaired) electrons. The summed E-state index contributed by atoms with van der Waals surface area (Å²) < 4.78 is 3.18. The van der Waals surface area contributed by atoms with Crippen LogP contribution in [-0.2, 0) is 0 Å². The molecule has 0 bridgehead atoms. The zero-order valence-corrected chi connectivity index (χ0v) is 17.2. The number of benzene rings is 2. The topological polar surface area (TPSA) is 72.9 Å². The first kappa shape index (κ1) is 19.3. The molecule has 0 spiro atoms. The molecule has 32 heavy (non-hydrogen) atoms. The second-order valence-electron chi connectivity index (χ2n) is 7.33. The van der Waals surface area contributed by atoms with E-state index in [4.69, 9.17) is 6.57 Å². The van der Waals surface area contributed by atoms with Gasteiger partial charge in [0, 0.05) is 17.5 Å². The number of hydrogen-bond donors (Lipinski definition) is 1. The molecule has 0 fully saturated rings. The molecular formula is C25H18N6O. The summed E-state index contributed by atoms with van der Waals surface area (Å²) in [6.07, 6.45) is 5.44. The largest absolute Gasteiger partial charge is 0.293 e. The van der Waals surface area contributed by atoms with Gasteiger partial charge in [-0.05, 0) is 30.2 Å². The predicted octanol–water partition coefficient (Wildman–Crippen LogP) is 4.94. The van der Waals surface area contributed by atoms with Crippen LogP contribution in [0.5, 0.6) is 0 Å². The summed E-state index contributed by atoms with van der Waals surface area (Å²) in [7, 11) is 0. The van der Waals surface area contributed by atoms with E-state index >= 15 is 0 Å². The van der Waals surface area contributed by atoms with Crippen LogP contribution in [0.3, 0.4) is 0 Å². The Kier molecular flexibility index (Phi) is 4.73. The lowest BCUT2D eigenvalue weighted by molar-refractivity contribution is 0.800. The fourth-order valence-electron chi connectivity index (χ4n) is 3.64. The summed E-state index contributed by atoms with van der Waals surface area (Å²) in [5, 5.41) is 7.53. The molecular weight excluding hydrogens is 400 g/mol. The van der Waals surface area contributed by atoms with E-state index in [1.807, 2.05) is 55.7 Å². The zero-order valence-electron chi connectivity index (χ0n) is 17.2. The fraction of sp³-hybridized carbons (Fsp3) is 0.0400. The third kappa shape index (κ3) is 3.40. The number of H-pyrrole nitrogens is 1. The molecule has 0 unspecified atom stereocenters. The number of nitrogens with one attached hydrogen (secondary N) is 1. The molecule has 3 heterocycles. The molecule has 1 N–H and O–H groups in total. The van der Waals surface area contributed by atoms with Crippen LogP contribution in [0.25, 0.3) is 38.6 Å². The Morgan fingerprint density at radius 1 is 0.906 bits per heavy atom. The molecule has 5 aromatic rings. The molecule has 154 valence electrons. The Morgan fingerprint density at radius 2 is 1.69 bits per heavy atom. The minimum atomic E-state index is -0.191. The molecule has 0 amide bonds. The third-order valence-corrected chi connectivity index (χ3v) is 5.27. The molecule has 5 rings (SSSR count). The summed E-state index contributed by atoms with van der Waals surface area (Å²) in [6.45, 7) is 8.93. The number of aryl methyl sites for hydroxylation is 1. The van der Waals surface area contributed by atoms with E-state index in [1.165, 1.54) is 4.68 Å². The second-order valence-corrected chi connectivity index (χ2v) is 7.33. The molecule has 3 aromatic heterocycles. The van der Waals surface area contributed by atoms with Crippen LogP contribution >= 0.6 is 0 Å². The van der Waals surface area contributed by atoms with E-state index in [-0.39, 0.29) is 5.56 Å². The van der Waals surface area contributed by atoms with Gasteiger partial charge in [-0.1, -0.05) is 54.6 Å². The zero-order chi connectivity index (χ0) is 22.1. The lowest BCUT2D eigenvalue weighted by atomic mass is 10.1. The van der Waals surface area contributed by atoms with Gasteiger partial charge in [0.05, 0.1) is 30.2 Å². The molecule has 0 aliphatic carbocycles. The molecule has 0 saturated heterocycles. The van der Waals surface area contributed by atoms with Crippen molar-refractivity contribution >= 4 is 5.69 Å². The quantitative estimate of drug-likeness (QED) is 0.420. The predicted molar refractivity (Wildman–Crippen MR) is 123 cm³/mol. The second kappa shape index (κ2) is 7.85. The Bertz CT molecular complexity index is 1480. The number of aromatic amines is 1. The average molecular weight is 418 g/mol. The number of hydrogen-bond acceptors (Lipinski definition) is 3. The number of pyridine rings is 1. The third-order valence-electron chi connectivity index (χ3n) is 5.27. The average Bonchev–Trinajstić information content (AvgIpc) is 3.45. The summed E-state index contributed by atoms with van der Waals surface area (Å²) >= 11 is 0. The SMILES string of the molecule is [C-]#[N+]c1ccc(-c2c(C)[nH]n(-c3ccc(-n4cc(-c5ccccc5)cn4)cn3)c2=O)cc1. The Morgan fingerprint density at radius 3 is 2.38 bits per heavy atom. The van der Waals surface area contributed by atoms with Crippen molar-refractivity contribution in [1.29, 1.82) is 0 Å². The number of rotatable bonds is 4. The molecule has 7 nitrogen and oxygen atoms in total. The van der Waals surface area contributed by atoms with E-state index in [1.54, 1.807) is 41.2 Å². The molecule has 0 aliphatic rings. The Hall–Kier alpha value is -4.70. The molecule has 7 heteroatoms. The van der Waals surface area contributed by atoms with Crippen molar-refractivity contribution in [3.05, 3.63) is 113 Å². The van der Waals surface area contributed by atoms with Gasteiger partial charge >= 0.3 is 0 Å². The van der Waals surface area contributed by atoms with Gasteiger partial charge in [0.1, 0.15) is 0 Å². The van der Waals surface area contributed by atoms with Gasteiger partial charge in [-0.15, -0.1) is 0 Å². The van der Waals surface area contributed by atoms with Crippen molar-refractivity contribution in [2.24, 2.45) is 0 Å². The van der Waals surface area contributed by atoms with Crippen molar-refractivity contribution in [1.82, 2.24) is 24.5 Å². The van der Waals surface area contributed by atoms with Crippen LogP contribution in [0.2, 0.25) is 0 Å². The highest BCUT2D eigenvalue weighted by Gasteiger charge is 2.15. The summed E-state index contributed by atoms with van der Waals surface area (Å²) in [5.74, 6) is 0.487. The first-order chi connectivity index (χ1) is 15.6. The van der Waals surface area contributed by atoms with Crippen LogP contribution in [0, 0.1) is 13.5 Å². The normalized spacial score (nSPS) is 10.8. The molecule has 0 saturated carbocycles. The summed E-state index contributed by atoms with van der Waals surface area (Å²) in [5.41, 5.74) is 5.30. The molecule has 2 aromatic carbocycles. The van der Waals surface area contributed by atoms with Gasteiger partial charge < -0.3 is 0 Å². The van der Waals surface area contributed by atoms with Gasteiger partial charge in [0.15, 0.2) is 11.5 Å². The first-order valence-electron chi connectivity index (χ1n) is 10.0. The van der Waals surface area contributed by atoms with Gasteiger partial charge in [-0.25, -0.2) is 19.2 Å². The Balaban J connectivity index is 1.45. The Labute approximate surface area is 184 Å². The van der Waals surface area contributed by atoms with Crippen molar-refractivity contribution < 1.29 is 0 Å². The highest BCUT2D eigenvalue weighted by molar-refractivity contribution is 5.68. The van der Waals surface area contributed by atoms with Crippen LogP contribution in [-0.4, -0.2) is 24.5 Å². The maximum atomic E-state index is 13.1. The fourth-order valence-corrected chi connectivity index (χ4v) is 3.64. The molecule has 0 atom stereocenters. The van der Waals surface area contributed by atoms with Crippen molar-refractivity contribution in [3.63, 3.8) is 0 Å². The minimum absolute atomic E-state index is 0.191. The maximum absolute atomic E-state index is 13.1. The highest BCUT2D eigenvalue weighted by atomic mass is 16.1. The maximum Gasteiger partial charge on any atom is 0.280 e. The van der Waals surface area contributed by atoms with Crippen molar-refractivity contribution in [2.75, 3.05) is 0 Å². The van der Waals surface area contributed by atoms with E-state index in [0.717, 1.165) is 28.1 Å². The van der Waals surface area contributed by atoms with Crippen LogP contribution in [0.4, 0.5) is 5.69 Å². The van der Waals surface area contributed by atoms with Gasteiger partial charge in [0.2, 0.25) is 0 Å². The van der Waals surface area contributed by atoms with E-state index in [2.05, 4.69) is 20.0 Å². The van der Waals surface area contributed by atoms with Gasteiger partial charge in [-0.2, -0.15) is 5.10 Å². The lowest BCUT2D eigenvalue weighted by Crippen LogP contribution is -2.17. The van der Waals surface area contributed by atoms with Crippen molar-refractivity contribution in [3.8, 4) is 33.8 Å². The van der Waals surface area contributed by atoms with Gasteiger partial charge in [0.25, 0.3) is 5.56 Å². The van der Waals surface area contributed by atoms with Gasteiger partial charge in [-0.3, -0.25) is 9.89 Å². The van der Waals surface area contributed by atoms with E-state index in [9.17, 15) is 4.79 Å². The standard InChI is InChI=1S/C25H18N6O/c1-17-24(19-8-10-21(26-2)11-9-19)25(32)31(29-17)23-13-12-22(15-27-23)30-16-20(14-28-30)18-6-4-3-5-7-18/h3-16,29H,1H3.